The summed E-state index contributed by atoms with van der Waals surface area (Å²) < 4.78 is 5.32. The summed E-state index contributed by atoms with van der Waals surface area (Å²) in [7, 11) is 0. The van der Waals surface area contributed by atoms with Crippen LogP contribution in [0.4, 0.5) is 0 Å². The van der Waals surface area contributed by atoms with Crippen molar-refractivity contribution in [3.05, 3.63) is 22.4 Å². The third-order valence-electron chi connectivity index (χ3n) is 3.00. The zero-order valence-corrected chi connectivity index (χ0v) is 10.4. The third-order valence-corrected chi connectivity index (χ3v) is 4.01. The number of rotatable bonds is 5. The van der Waals surface area contributed by atoms with Crippen molar-refractivity contribution in [2.45, 2.75) is 18.9 Å². The largest absolute Gasteiger partial charge is 0.379 e. The Kier molecular flexibility index (Phi) is 4.78. The molecular formula is C12H20N2OS. The van der Waals surface area contributed by atoms with Crippen LogP contribution < -0.4 is 5.73 Å². The SMILES string of the molecule is NC(CCCN1CCOCC1)c1cccs1. The van der Waals surface area contributed by atoms with Gasteiger partial charge in [0.15, 0.2) is 0 Å². The molecule has 0 spiro atoms. The van der Waals surface area contributed by atoms with E-state index in [2.05, 4.69) is 22.4 Å². The van der Waals surface area contributed by atoms with E-state index in [1.165, 1.54) is 11.3 Å². The molecular weight excluding hydrogens is 220 g/mol. The molecule has 2 heterocycles. The van der Waals surface area contributed by atoms with Crippen LogP contribution in [0.5, 0.6) is 0 Å². The predicted molar refractivity (Wildman–Crippen MR) is 67.7 cm³/mol. The second kappa shape index (κ2) is 6.35. The van der Waals surface area contributed by atoms with Crippen LogP contribution >= 0.6 is 11.3 Å². The smallest absolute Gasteiger partial charge is 0.0594 e. The first kappa shape index (κ1) is 12.0. The highest BCUT2D eigenvalue weighted by Gasteiger charge is 2.11. The number of nitrogens with two attached hydrogens (primary N) is 1. The van der Waals surface area contributed by atoms with Gasteiger partial charge in [0.2, 0.25) is 0 Å². The lowest BCUT2D eigenvalue weighted by Gasteiger charge is -2.26. The minimum absolute atomic E-state index is 0.223. The van der Waals surface area contributed by atoms with Crippen LogP contribution in [0.2, 0.25) is 0 Å². The fraction of sp³-hybridized carbons (Fsp3) is 0.667. The fourth-order valence-electron chi connectivity index (χ4n) is 2.00. The minimum atomic E-state index is 0.223. The van der Waals surface area contributed by atoms with Crippen molar-refractivity contribution in [3.63, 3.8) is 0 Å². The summed E-state index contributed by atoms with van der Waals surface area (Å²) in [5, 5.41) is 2.09. The van der Waals surface area contributed by atoms with Crippen LogP contribution in [0.1, 0.15) is 23.8 Å². The number of hydrogen-bond donors (Lipinski definition) is 1. The summed E-state index contributed by atoms with van der Waals surface area (Å²) in [6.07, 6.45) is 2.26. The fourth-order valence-corrected chi connectivity index (χ4v) is 2.77. The molecule has 4 heteroatoms. The number of thiophene rings is 1. The van der Waals surface area contributed by atoms with Gasteiger partial charge in [-0.2, -0.15) is 0 Å². The minimum Gasteiger partial charge on any atom is -0.379 e. The van der Waals surface area contributed by atoms with E-state index in [-0.39, 0.29) is 6.04 Å². The van der Waals surface area contributed by atoms with Crippen LogP contribution in [0.3, 0.4) is 0 Å². The Balaban J connectivity index is 1.63. The van der Waals surface area contributed by atoms with Gasteiger partial charge in [-0.05, 0) is 30.8 Å². The van der Waals surface area contributed by atoms with E-state index < -0.39 is 0 Å². The van der Waals surface area contributed by atoms with Crippen LogP contribution in [0.25, 0.3) is 0 Å². The maximum absolute atomic E-state index is 6.12. The van der Waals surface area contributed by atoms with E-state index in [0.717, 1.165) is 39.3 Å². The molecule has 2 rings (SSSR count). The van der Waals surface area contributed by atoms with Gasteiger partial charge in [-0.1, -0.05) is 6.07 Å². The van der Waals surface area contributed by atoms with Gasteiger partial charge in [0.05, 0.1) is 13.2 Å². The molecule has 1 saturated heterocycles. The van der Waals surface area contributed by atoms with Gasteiger partial charge in [0.1, 0.15) is 0 Å². The van der Waals surface area contributed by atoms with Crippen LogP contribution in [-0.2, 0) is 4.74 Å². The van der Waals surface area contributed by atoms with Crippen LogP contribution in [-0.4, -0.2) is 37.7 Å². The Morgan fingerprint density at radius 1 is 1.44 bits per heavy atom. The van der Waals surface area contributed by atoms with Crippen molar-refractivity contribution >= 4 is 11.3 Å². The Hall–Kier alpha value is -0.420. The standard InChI is InChI=1S/C12H20N2OS/c13-11(12-4-2-10-16-12)3-1-5-14-6-8-15-9-7-14/h2,4,10-11H,1,3,5-9,13H2. The van der Waals surface area contributed by atoms with E-state index >= 15 is 0 Å². The first-order chi connectivity index (χ1) is 7.86. The molecule has 1 aliphatic heterocycles. The predicted octanol–water partition coefficient (Wildman–Crippen LogP) is 1.86. The second-order valence-corrected chi connectivity index (χ2v) is 5.20. The van der Waals surface area contributed by atoms with Gasteiger partial charge in [-0.25, -0.2) is 0 Å². The normalized spacial score (nSPS) is 19.8. The summed E-state index contributed by atoms with van der Waals surface area (Å²) in [6.45, 7) is 5.08. The van der Waals surface area contributed by atoms with E-state index in [4.69, 9.17) is 10.5 Å². The van der Waals surface area contributed by atoms with Crippen molar-refractivity contribution in [1.82, 2.24) is 4.90 Å². The zero-order chi connectivity index (χ0) is 11.2. The summed E-state index contributed by atoms with van der Waals surface area (Å²) in [4.78, 5) is 3.77. The maximum atomic E-state index is 6.12. The molecule has 0 amide bonds. The Morgan fingerprint density at radius 3 is 2.94 bits per heavy atom. The van der Waals surface area contributed by atoms with Crippen molar-refractivity contribution in [1.29, 1.82) is 0 Å². The van der Waals surface area contributed by atoms with E-state index in [1.54, 1.807) is 11.3 Å². The van der Waals surface area contributed by atoms with Crippen molar-refractivity contribution in [2.75, 3.05) is 32.8 Å². The number of ether oxygens (including phenoxy) is 1. The summed E-state index contributed by atoms with van der Waals surface area (Å²) in [6, 6.07) is 4.42. The average molecular weight is 240 g/mol. The van der Waals surface area contributed by atoms with E-state index in [1.807, 2.05) is 0 Å². The molecule has 0 bridgehead atoms. The quantitative estimate of drug-likeness (QED) is 0.854. The molecule has 0 aromatic carbocycles. The first-order valence-electron chi connectivity index (χ1n) is 5.95. The molecule has 1 unspecified atom stereocenters. The monoisotopic (exact) mass is 240 g/mol. The molecule has 1 atom stereocenters. The summed E-state index contributed by atoms with van der Waals surface area (Å²) in [5.74, 6) is 0. The molecule has 90 valence electrons. The Labute approximate surface area is 101 Å². The first-order valence-corrected chi connectivity index (χ1v) is 6.83. The van der Waals surface area contributed by atoms with E-state index in [9.17, 15) is 0 Å². The maximum Gasteiger partial charge on any atom is 0.0594 e. The number of hydrogen-bond acceptors (Lipinski definition) is 4. The topological polar surface area (TPSA) is 38.5 Å². The lowest BCUT2D eigenvalue weighted by atomic mass is 10.1. The van der Waals surface area contributed by atoms with E-state index in [0.29, 0.717) is 0 Å². The molecule has 0 aliphatic carbocycles. The highest BCUT2D eigenvalue weighted by Crippen LogP contribution is 2.20. The second-order valence-electron chi connectivity index (χ2n) is 4.22. The molecule has 1 aromatic heterocycles. The molecule has 1 fully saturated rings. The van der Waals surface area contributed by atoms with Gasteiger partial charge in [-0.3, -0.25) is 4.90 Å². The molecule has 0 saturated carbocycles. The van der Waals surface area contributed by atoms with Gasteiger partial charge < -0.3 is 10.5 Å². The third kappa shape index (κ3) is 3.56. The van der Waals surface area contributed by atoms with Crippen molar-refractivity contribution < 1.29 is 4.74 Å². The summed E-state index contributed by atoms with van der Waals surface area (Å²) in [5.41, 5.74) is 6.12. The molecule has 16 heavy (non-hydrogen) atoms. The highest BCUT2D eigenvalue weighted by atomic mass is 32.1. The zero-order valence-electron chi connectivity index (χ0n) is 9.60. The molecule has 1 aliphatic rings. The van der Waals surface area contributed by atoms with Gasteiger partial charge in [-0.15, -0.1) is 11.3 Å². The van der Waals surface area contributed by atoms with Crippen molar-refractivity contribution in [3.8, 4) is 0 Å². The Morgan fingerprint density at radius 2 is 2.25 bits per heavy atom. The lowest BCUT2D eigenvalue weighted by Crippen LogP contribution is -2.37. The number of morpholine rings is 1. The molecule has 2 N–H and O–H groups in total. The number of nitrogens with zero attached hydrogens (tertiary/aromatic N) is 1. The lowest BCUT2D eigenvalue weighted by molar-refractivity contribution is 0.0370. The van der Waals surface area contributed by atoms with Gasteiger partial charge in [0.25, 0.3) is 0 Å². The highest BCUT2D eigenvalue weighted by molar-refractivity contribution is 7.10. The van der Waals surface area contributed by atoms with Crippen LogP contribution in [0, 0.1) is 0 Å². The average Bonchev–Trinajstić information content (AvgIpc) is 2.84. The summed E-state index contributed by atoms with van der Waals surface area (Å²) >= 11 is 1.76. The van der Waals surface area contributed by atoms with Gasteiger partial charge >= 0.3 is 0 Å². The van der Waals surface area contributed by atoms with Crippen LogP contribution in [0.15, 0.2) is 17.5 Å². The molecule has 3 nitrogen and oxygen atoms in total. The van der Waals surface area contributed by atoms with Gasteiger partial charge in [0, 0.05) is 24.0 Å². The molecule has 1 aromatic rings. The van der Waals surface area contributed by atoms with Crippen molar-refractivity contribution in [2.24, 2.45) is 5.73 Å². The Bertz CT molecular complexity index is 283. The molecule has 0 radical (unpaired) electrons.